The Bertz CT molecular complexity index is 879. The molecule has 0 amide bonds. The summed E-state index contributed by atoms with van der Waals surface area (Å²) in [6, 6.07) is 15.5. The lowest BCUT2D eigenvalue weighted by Crippen LogP contribution is -2.11. The van der Waals surface area contributed by atoms with E-state index in [4.69, 9.17) is 9.15 Å². The van der Waals surface area contributed by atoms with Gasteiger partial charge in [0.2, 0.25) is 5.89 Å². The fourth-order valence-electron chi connectivity index (χ4n) is 2.17. The van der Waals surface area contributed by atoms with Crippen LogP contribution in [0.15, 0.2) is 62.3 Å². The number of ether oxygens (including phenoxy) is 1. The molecule has 7 heteroatoms. The molecule has 26 heavy (non-hydrogen) atoms. The zero-order valence-corrected chi connectivity index (χ0v) is 16.7. The van der Waals surface area contributed by atoms with Gasteiger partial charge in [-0.15, -0.1) is 22.0 Å². The summed E-state index contributed by atoms with van der Waals surface area (Å²) in [5.41, 5.74) is 1.98. The topological polar surface area (TPSA) is 65.2 Å². The smallest absolute Gasteiger partial charge is 0.317 e. The minimum atomic E-state index is -0.597. The number of nitrogens with zero attached hydrogens (tertiary/aromatic N) is 2. The molecule has 1 heterocycles. The second-order valence-corrected chi connectivity index (χ2v) is 7.65. The zero-order chi connectivity index (χ0) is 18.5. The first-order valence-electron chi connectivity index (χ1n) is 7.99. The maximum atomic E-state index is 12.0. The van der Waals surface area contributed by atoms with Gasteiger partial charge >= 0.3 is 5.97 Å². The van der Waals surface area contributed by atoms with Gasteiger partial charge in [0.1, 0.15) is 0 Å². The summed E-state index contributed by atoms with van der Waals surface area (Å²) in [7, 11) is 0. The highest BCUT2D eigenvalue weighted by Gasteiger charge is 2.19. The summed E-state index contributed by atoms with van der Waals surface area (Å²) in [5, 5.41) is 8.02. The Morgan fingerprint density at radius 2 is 1.85 bits per heavy atom. The van der Waals surface area contributed by atoms with Gasteiger partial charge < -0.3 is 9.15 Å². The van der Waals surface area contributed by atoms with Crippen molar-refractivity contribution in [2.75, 3.05) is 5.75 Å². The molecule has 3 aromatic rings. The molecule has 0 fully saturated rings. The van der Waals surface area contributed by atoms with Crippen LogP contribution < -0.4 is 0 Å². The average Bonchev–Trinajstić information content (AvgIpc) is 3.12. The molecule has 0 spiro atoms. The Morgan fingerprint density at radius 3 is 2.54 bits per heavy atom. The van der Waals surface area contributed by atoms with E-state index in [0.29, 0.717) is 5.89 Å². The third-order valence-corrected chi connectivity index (χ3v) is 5.08. The number of benzene rings is 2. The predicted octanol–water partition coefficient (Wildman–Crippen LogP) is 5.20. The Labute approximate surface area is 164 Å². The van der Waals surface area contributed by atoms with Crippen molar-refractivity contribution in [2.45, 2.75) is 24.8 Å². The fraction of sp³-hybridized carbons (Fsp3) is 0.211. The van der Waals surface area contributed by atoms with Gasteiger partial charge in [-0.25, -0.2) is 0 Å². The number of aromatic nitrogens is 2. The molecule has 134 valence electrons. The van der Waals surface area contributed by atoms with Crippen molar-refractivity contribution in [3.05, 3.63) is 64.5 Å². The number of carbonyl (C=O) groups is 1. The third-order valence-electron chi connectivity index (χ3n) is 3.57. The Balaban J connectivity index is 1.55. The number of thioether (sulfide) groups is 1. The van der Waals surface area contributed by atoms with Crippen LogP contribution in [0.3, 0.4) is 0 Å². The highest BCUT2D eigenvalue weighted by molar-refractivity contribution is 9.10. The van der Waals surface area contributed by atoms with Gasteiger partial charge in [0, 0.05) is 14.9 Å². The molecular formula is C19H17BrN2O3S. The summed E-state index contributed by atoms with van der Waals surface area (Å²) in [5.74, 6) is 0.570. The highest BCUT2D eigenvalue weighted by Crippen LogP contribution is 2.24. The fourth-order valence-corrected chi connectivity index (χ4v) is 3.11. The van der Waals surface area contributed by atoms with E-state index in [-0.39, 0.29) is 17.6 Å². The predicted molar refractivity (Wildman–Crippen MR) is 104 cm³/mol. The molecule has 0 saturated carbocycles. The van der Waals surface area contributed by atoms with Gasteiger partial charge in [-0.1, -0.05) is 33.6 Å². The molecule has 0 N–H and O–H groups in total. The van der Waals surface area contributed by atoms with E-state index >= 15 is 0 Å². The van der Waals surface area contributed by atoms with E-state index < -0.39 is 6.10 Å². The Morgan fingerprint density at radius 1 is 1.15 bits per heavy atom. The first-order valence-corrected chi connectivity index (χ1v) is 9.77. The minimum Gasteiger partial charge on any atom is -0.452 e. The van der Waals surface area contributed by atoms with E-state index in [1.807, 2.05) is 55.5 Å². The van der Waals surface area contributed by atoms with Crippen LogP contribution in [0.25, 0.3) is 11.5 Å². The quantitative estimate of drug-likeness (QED) is 0.393. The van der Waals surface area contributed by atoms with Crippen molar-refractivity contribution < 1.29 is 13.9 Å². The van der Waals surface area contributed by atoms with Crippen LogP contribution >= 0.6 is 27.7 Å². The molecular weight excluding hydrogens is 416 g/mol. The Kier molecular flexibility index (Phi) is 6.11. The second-order valence-electron chi connectivity index (χ2n) is 5.69. The molecule has 2 aromatic carbocycles. The summed E-state index contributed by atoms with van der Waals surface area (Å²) in [4.78, 5) is 13.0. The van der Waals surface area contributed by atoms with Crippen LogP contribution in [0.5, 0.6) is 0 Å². The van der Waals surface area contributed by atoms with Gasteiger partial charge in [0.15, 0.2) is 6.10 Å². The van der Waals surface area contributed by atoms with E-state index in [0.717, 1.165) is 20.5 Å². The van der Waals surface area contributed by atoms with E-state index in [1.165, 1.54) is 11.8 Å². The van der Waals surface area contributed by atoms with E-state index in [2.05, 4.69) is 26.1 Å². The number of esters is 1. The molecule has 0 aliphatic heterocycles. The number of carbonyl (C=O) groups excluding carboxylic acids is 1. The van der Waals surface area contributed by atoms with Crippen LogP contribution in [0.4, 0.5) is 0 Å². The summed E-state index contributed by atoms with van der Waals surface area (Å²) in [6.07, 6.45) is -0.597. The van der Waals surface area contributed by atoms with E-state index in [1.54, 1.807) is 6.92 Å². The summed E-state index contributed by atoms with van der Waals surface area (Å²) >= 11 is 4.80. The molecule has 0 bridgehead atoms. The lowest BCUT2D eigenvalue weighted by Gasteiger charge is -2.09. The standard InChI is InChI=1S/C19H17BrN2O3S/c1-12-3-5-14(6-4-12)19-22-21-18(25-19)13(2)24-17(23)11-26-16-9-7-15(20)8-10-16/h3-10,13H,11H2,1-2H3. The molecule has 1 aromatic heterocycles. The van der Waals surface area contributed by atoms with Crippen LogP contribution in [0, 0.1) is 6.92 Å². The number of rotatable bonds is 6. The molecule has 0 radical (unpaired) electrons. The van der Waals surface area contributed by atoms with Crippen LogP contribution in [-0.4, -0.2) is 21.9 Å². The van der Waals surface area contributed by atoms with Crippen LogP contribution in [-0.2, 0) is 9.53 Å². The van der Waals surface area contributed by atoms with Crippen molar-refractivity contribution >= 4 is 33.7 Å². The van der Waals surface area contributed by atoms with Crippen molar-refractivity contribution in [3.63, 3.8) is 0 Å². The zero-order valence-electron chi connectivity index (χ0n) is 14.3. The summed E-state index contributed by atoms with van der Waals surface area (Å²) < 4.78 is 12.0. The van der Waals surface area contributed by atoms with Gasteiger partial charge in [-0.3, -0.25) is 4.79 Å². The minimum absolute atomic E-state index is 0.213. The van der Waals surface area contributed by atoms with Gasteiger partial charge in [0.05, 0.1) is 5.75 Å². The SMILES string of the molecule is Cc1ccc(-c2nnc(C(C)OC(=O)CSc3ccc(Br)cc3)o2)cc1. The number of aryl methyl sites for hydroxylation is 1. The van der Waals surface area contributed by atoms with Crippen LogP contribution in [0.2, 0.25) is 0 Å². The monoisotopic (exact) mass is 432 g/mol. The number of hydrogen-bond donors (Lipinski definition) is 0. The van der Waals surface area contributed by atoms with E-state index in [9.17, 15) is 4.79 Å². The third kappa shape index (κ3) is 4.95. The largest absolute Gasteiger partial charge is 0.452 e. The lowest BCUT2D eigenvalue weighted by atomic mass is 10.1. The van der Waals surface area contributed by atoms with Crippen molar-refractivity contribution in [3.8, 4) is 11.5 Å². The molecule has 0 saturated heterocycles. The van der Waals surface area contributed by atoms with Crippen LogP contribution in [0.1, 0.15) is 24.5 Å². The molecule has 3 rings (SSSR count). The number of hydrogen-bond acceptors (Lipinski definition) is 6. The maximum Gasteiger partial charge on any atom is 0.317 e. The molecule has 0 aliphatic rings. The molecule has 0 aliphatic carbocycles. The number of halogens is 1. The normalized spacial score (nSPS) is 12.0. The lowest BCUT2D eigenvalue weighted by molar-refractivity contribution is -0.146. The highest BCUT2D eigenvalue weighted by atomic mass is 79.9. The molecule has 1 unspecified atom stereocenters. The van der Waals surface area contributed by atoms with Gasteiger partial charge in [0.25, 0.3) is 5.89 Å². The Hall–Kier alpha value is -2.12. The molecule has 5 nitrogen and oxygen atoms in total. The average molecular weight is 433 g/mol. The maximum absolute atomic E-state index is 12.0. The van der Waals surface area contributed by atoms with Crippen molar-refractivity contribution in [1.82, 2.24) is 10.2 Å². The first-order chi connectivity index (χ1) is 12.5. The molecule has 1 atom stereocenters. The first kappa shape index (κ1) is 18.7. The van der Waals surface area contributed by atoms with Gasteiger partial charge in [-0.2, -0.15) is 0 Å². The van der Waals surface area contributed by atoms with Crippen molar-refractivity contribution in [2.24, 2.45) is 0 Å². The van der Waals surface area contributed by atoms with Crippen molar-refractivity contribution in [1.29, 1.82) is 0 Å². The van der Waals surface area contributed by atoms with Gasteiger partial charge in [-0.05, 0) is 50.2 Å². The summed E-state index contributed by atoms with van der Waals surface area (Å²) in [6.45, 7) is 3.73. The second kappa shape index (κ2) is 8.51.